The van der Waals surface area contributed by atoms with E-state index in [1.807, 2.05) is 25.1 Å². The fourth-order valence-corrected chi connectivity index (χ4v) is 3.38. The molecule has 0 fully saturated rings. The van der Waals surface area contributed by atoms with Crippen LogP contribution in [0.15, 0.2) is 54.6 Å². The summed E-state index contributed by atoms with van der Waals surface area (Å²) in [6, 6.07) is 18.8. The molecule has 2 aromatic carbocycles. The van der Waals surface area contributed by atoms with Crippen molar-refractivity contribution < 1.29 is 4.79 Å². The van der Waals surface area contributed by atoms with E-state index in [0.29, 0.717) is 5.75 Å². The Labute approximate surface area is 143 Å². The maximum absolute atomic E-state index is 12.0. The quantitative estimate of drug-likeness (QED) is 0.721. The van der Waals surface area contributed by atoms with E-state index in [0.717, 1.165) is 18.6 Å². The molecule has 0 heterocycles. The highest BCUT2D eigenvalue weighted by atomic mass is 32.2. The second kappa shape index (κ2) is 9.41. The van der Waals surface area contributed by atoms with Gasteiger partial charge in [-0.1, -0.05) is 54.6 Å². The van der Waals surface area contributed by atoms with E-state index >= 15 is 0 Å². The molecular formula is C20H25NOS. The summed E-state index contributed by atoms with van der Waals surface area (Å²) in [4.78, 5) is 12.0. The van der Waals surface area contributed by atoms with Crippen LogP contribution in [0, 0.1) is 6.92 Å². The van der Waals surface area contributed by atoms with Crippen molar-refractivity contribution in [3.8, 4) is 0 Å². The Kier molecular flexibility index (Phi) is 7.21. The second-order valence-corrected chi connectivity index (χ2v) is 6.89. The van der Waals surface area contributed by atoms with E-state index in [9.17, 15) is 4.79 Å². The Bertz CT molecular complexity index is 612. The van der Waals surface area contributed by atoms with Gasteiger partial charge >= 0.3 is 0 Å². The van der Waals surface area contributed by atoms with Crippen LogP contribution in [0.2, 0.25) is 0 Å². The van der Waals surface area contributed by atoms with Gasteiger partial charge in [0.15, 0.2) is 0 Å². The molecule has 0 saturated heterocycles. The lowest BCUT2D eigenvalue weighted by molar-refractivity contribution is -0.119. The number of hydrogen-bond acceptors (Lipinski definition) is 2. The van der Waals surface area contributed by atoms with Gasteiger partial charge in [-0.2, -0.15) is 11.8 Å². The van der Waals surface area contributed by atoms with Crippen LogP contribution in [0.4, 0.5) is 0 Å². The van der Waals surface area contributed by atoms with E-state index in [2.05, 4.69) is 48.6 Å². The average molecular weight is 327 g/mol. The summed E-state index contributed by atoms with van der Waals surface area (Å²) >= 11 is 1.71. The molecular weight excluding hydrogens is 302 g/mol. The number of aryl methyl sites for hydroxylation is 2. The fraction of sp³-hybridized carbons (Fsp3) is 0.350. The summed E-state index contributed by atoms with van der Waals surface area (Å²) in [6.45, 7) is 4.12. The molecule has 2 nitrogen and oxygen atoms in total. The van der Waals surface area contributed by atoms with Crippen molar-refractivity contribution in [3.63, 3.8) is 0 Å². The highest BCUT2D eigenvalue weighted by Crippen LogP contribution is 2.17. The van der Waals surface area contributed by atoms with Gasteiger partial charge in [0.1, 0.15) is 0 Å². The van der Waals surface area contributed by atoms with E-state index < -0.39 is 0 Å². The van der Waals surface area contributed by atoms with Crippen molar-refractivity contribution in [2.24, 2.45) is 0 Å². The molecule has 0 spiro atoms. The van der Waals surface area contributed by atoms with Crippen molar-refractivity contribution in [2.45, 2.75) is 32.7 Å². The molecule has 0 aliphatic heterocycles. The van der Waals surface area contributed by atoms with Crippen molar-refractivity contribution in [1.82, 2.24) is 5.32 Å². The van der Waals surface area contributed by atoms with Gasteiger partial charge in [0.2, 0.25) is 5.91 Å². The molecule has 1 unspecified atom stereocenters. The van der Waals surface area contributed by atoms with Crippen LogP contribution in [0.5, 0.6) is 0 Å². The van der Waals surface area contributed by atoms with Gasteiger partial charge in [0, 0.05) is 0 Å². The number of benzene rings is 2. The van der Waals surface area contributed by atoms with Gasteiger partial charge in [-0.3, -0.25) is 4.79 Å². The summed E-state index contributed by atoms with van der Waals surface area (Å²) < 4.78 is 0. The van der Waals surface area contributed by atoms with E-state index in [-0.39, 0.29) is 11.9 Å². The molecule has 2 aromatic rings. The van der Waals surface area contributed by atoms with Crippen LogP contribution in [-0.4, -0.2) is 17.4 Å². The Morgan fingerprint density at radius 2 is 1.78 bits per heavy atom. The first-order chi connectivity index (χ1) is 11.2. The topological polar surface area (TPSA) is 29.1 Å². The van der Waals surface area contributed by atoms with E-state index in [1.54, 1.807) is 11.8 Å². The van der Waals surface area contributed by atoms with Gasteiger partial charge in [-0.15, -0.1) is 0 Å². The molecule has 1 N–H and O–H groups in total. The molecule has 2 rings (SSSR count). The molecule has 0 aromatic heterocycles. The van der Waals surface area contributed by atoms with Crippen molar-refractivity contribution >= 4 is 17.7 Å². The normalized spacial score (nSPS) is 11.9. The van der Waals surface area contributed by atoms with Crippen molar-refractivity contribution in [1.29, 1.82) is 0 Å². The maximum atomic E-state index is 12.0. The van der Waals surface area contributed by atoms with Crippen molar-refractivity contribution in [3.05, 3.63) is 71.3 Å². The van der Waals surface area contributed by atoms with Gasteiger partial charge in [0.25, 0.3) is 0 Å². The fourth-order valence-electron chi connectivity index (χ4n) is 2.62. The molecule has 3 heteroatoms. The largest absolute Gasteiger partial charge is 0.349 e. The third-order valence-corrected chi connectivity index (χ3v) is 4.91. The zero-order chi connectivity index (χ0) is 16.5. The third-order valence-electron chi connectivity index (χ3n) is 3.86. The van der Waals surface area contributed by atoms with Crippen LogP contribution >= 0.6 is 11.8 Å². The molecule has 122 valence electrons. The summed E-state index contributed by atoms with van der Waals surface area (Å²) in [7, 11) is 0. The average Bonchev–Trinajstić information content (AvgIpc) is 2.56. The number of nitrogens with one attached hydrogen (secondary N) is 1. The Balaban J connectivity index is 1.64. The highest BCUT2D eigenvalue weighted by molar-refractivity contribution is 7.99. The minimum Gasteiger partial charge on any atom is -0.349 e. The smallest absolute Gasteiger partial charge is 0.230 e. The van der Waals surface area contributed by atoms with Gasteiger partial charge in [0.05, 0.1) is 11.8 Å². The number of carbonyl (C=O) groups is 1. The number of thioether (sulfide) groups is 1. The predicted octanol–water partition coefficient (Wildman–Crippen LogP) is 4.54. The molecule has 0 radical (unpaired) electrons. The van der Waals surface area contributed by atoms with Crippen LogP contribution in [0.25, 0.3) is 0 Å². The molecule has 1 amide bonds. The summed E-state index contributed by atoms with van der Waals surface area (Å²) in [5, 5.41) is 3.09. The molecule has 0 bridgehead atoms. The second-order valence-electron chi connectivity index (χ2n) is 5.79. The molecule has 0 aliphatic carbocycles. The summed E-state index contributed by atoms with van der Waals surface area (Å²) in [6.07, 6.45) is 2.18. The standard InChI is InChI=1S/C20H25NOS/c1-16-9-6-7-13-19(16)17(2)21-20(22)15-23-14-8-12-18-10-4-3-5-11-18/h3-7,9-11,13,17H,8,12,14-15H2,1-2H3,(H,21,22). The predicted molar refractivity (Wildman–Crippen MR) is 99.8 cm³/mol. The molecule has 23 heavy (non-hydrogen) atoms. The lowest BCUT2D eigenvalue weighted by Crippen LogP contribution is -2.28. The van der Waals surface area contributed by atoms with Crippen LogP contribution in [-0.2, 0) is 11.2 Å². The first kappa shape index (κ1) is 17.6. The lowest BCUT2D eigenvalue weighted by Gasteiger charge is -2.16. The summed E-state index contributed by atoms with van der Waals surface area (Å²) in [5.74, 6) is 1.66. The zero-order valence-electron chi connectivity index (χ0n) is 13.9. The molecule has 1 atom stereocenters. The van der Waals surface area contributed by atoms with Gasteiger partial charge in [-0.05, 0) is 49.1 Å². The first-order valence-electron chi connectivity index (χ1n) is 8.13. The monoisotopic (exact) mass is 327 g/mol. The highest BCUT2D eigenvalue weighted by Gasteiger charge is 2.11. The number of hydrogen-bond donors (Lipinski definition) is 1. The van der Waals surface area contributed by atoms with E-state index in [4.69, 9.17) is 0 Å². The van der Waals surface area contributed by atoms with Crippen LogP contribution in [0.1, 0.15) is 36.1 Å². The number of rotatable bonds is 8. The van der Waals surface area contributed by atoms with E-state index in [1.165, 1.54) is 16.7 Å². The van der Waals surface area contributed by atoms with Crippen molar-refractivity contribution in [2.75, 3.05) is 11.5 Å². The Morgan fingerprint density at radius 3 is 2.52 bits per heavy atom. The lowest BCUT2D eigenvalue weighted by atomic mass is 10.0. The number of carbonyl (C=O) groups excluding carboxylic acids is 1. The maximum Gasteiger partial charge on any atom is 0.230 e. The van der Waals surface area contributed by atoms with Gasteiger partial charge < -0.3 is 5.32 Å². The first-order valence-corrected chi connectivity index (χ1v) is 9.29. The van der Waals surface area contributed by atoms with Crippen LogP contribution < -0.4 is 5.32 Å². The minimum atomic E-state index is 0.0635. The molecule has 0 saturated carbocycles. The summed E-state index contributed by atoms with van der Waals surface area (Å²) in [5.41, 5.74) is 3.77. The van der Waals surface area contributed by atoms with Crippen LogP contribution in [0.3, 0.4) is 0 Å². The number of amides is 1. The Hall–Kier alpha value is -1.74. The molecule has 0 aliphatic rings. The minimum absolute atomic E-state index is 0.0635. The zero-order valence-corrected chi connectivity index (χ0v) is 14.7. The van der Waals surface area contributed by atoms with Gasteiger partial charge in [-0.25, -0.2) is 0 Å². The Morgan fingerprint density at radius 1 is 1.09 bits per heavy atom. The third kappa shape index (κ3) is 6.11. The SMILES string of the molecule is Cc1ccccc1C(C)NC(=O)CSCCCc1ccccc1.